The summed E-state index contributed by atoms with van der Waals surface area (Å²) >= 11 is 1.90. The van der Waals surface area contributed by atoms with Crippen molar-refractivity contribution in [2.45, 2.75) is 77.0 Å². The van der Waals surface area contributed by atoms with Crippen LogP contribution in [0.1, 0.15) is 72.1 Å². The highest BCUT2D eigenvalue weighted by molar-refractivity contribution is 7.97. The summed E-state index contributed by atoms with van der Waals surface area (Å²) in [6.07, 6.45) is 15.5. The molecule has 2 heteroatoms. The van der Waals surface area contributed by atoms with Crippen molar-refractivity contribution in [1.29, 1.82) is 0 Å². The molecule has 1 heterocycles. The first-order chi connectivity index (χ1) is 12.2. The molecule has 1 saturated heterocycles. The number of rotatable bonds is 8. The zero-order valence-electron chi connectivity index (χ0n) is 16.5. The smallest absolute Gasteiger partial charge is 0.0230 e. The van der Waals surface area contributed by atoms with Crippen molar-refractivity contribution < 1.29 is 0 Å². The Morgan fingerprint density at radius 3 is 2.36 bits per heavy atom. The maximum atomic E-state index is 5.28. The second-order valence-electron chi connectivity index (χ2n) is 7.22. The van der Waals surface area contributed by atoms with Gasteiger partial charge in [0.05, 0.1) is 0 Å². The van der Waals surface area contributed by atoms with Crippen molar-refractivity contribution in [3.8, 4) is 12.3 Å². The number of piperidine rings is 1. The van der Waals surface area contributed by atoms with E-state index >= 15 is 0 Å². The molecule has 1 atom stereocenters. The molecule has 1 unspecified atom stereocenters. The van der Waals surface area contributed by atoms with Crippen molar-refractivity contribution in [3.05, 3.63) is 30.3 Å². The standard InChI is InChI=1S/C12H17NS.C11H20/c1-11-7-9-13(10-8-11)14-12-5-3-2-4-6-12;1-4-7-10-11(8-5-2)9-6-3/h2-6,11H,7-10H2,1H3;2,11H,4,6-10H2,1,3H3. The zero-order valence-corrected chi connectivity index (χ0v) is 17.4. The van der Waals surface area contributed by atoms with Crippen molar-refractivity contribution in [2.75, 3.05) is 13.1 Å². The predicted molar refractivity (Wildman–Crippen MR) is 114 cm³/mol. The lowest BCUT2D eigenvalue weighted by atomic mass is 9.94. The molecule has 140 valence electrons. The molecule has 2 rings (SSSR count). The lowest BCUT2D eigenvalue weighted by Gasteiger charge is -2.28. The SMILES string of the molecule is C#CCC(CCC)CCCC.CC1CCN(Sc2ccccc2)CC1. The van der Waals surface area contributed by atoms with Gasteiger partial charge in [-0.3, -0.25) is 0 Å². The average Bonchev–Trinajstić information content (AvgIpc) is 2.63. The highest BCUT2D eigenvalue weighted by Crippen LogP contribution is 2.27. The molecule has 25 heavy (non-hydrogen) atoms. The van der Waals surface area contributed by atoms with Crippen molar-refractivity contribution in [2.24, 2.45) is 11.8 Å². The number of terminal acetylenes is 1. The molecule has 0 spiro atoms. The van der Waals surface area contributed by atoms with E-state index in [1.54, 1.807) is 0 Å². The van der Waals surface area contributed by atoms with Gasteiger partial charge in [0.15, 0.2) is 0 Å². The highest BCUT2D eigenvalue weighted by Gasteiger charge is 2.16. The van der Waals surface area contributed by atoms with E-state index in [1.807, 2.05) is 11.9 Å². The predicted octanol–water partition coefficient (Wildman–Crippen LogP) is 7.04. The van der Waals surface area contributed by atoms with Crippen LogP contribution in [-0.4, -0.2) is 17.4 Å². The molecule has 1 aromatic carbocycles. The summed E-state index contributed by atoms with van der Waals surface area (Å²) in [5.41, 5.74) is 0. The Labute approximate surface area is 161 Å². The minimum atomic E-state index is 0.796. The molecule has 0 aliphatic carbocycles. The number of hydrogen-bond donors (Lipinski definition) is 0. The van der Waals surface area contributed by atoms with E-state index in [0.29, 0.717) is 0 Å². The third kappa shape index (κ3) is 10.6. The lowest BCUT2D eigenvalue weighted by molar-refractivity contribution is 0.308. The molecular formula is C23H37NS. The maximum Gasteiger partial charge on any atom is 0.0230 e. The fourth-order valence-electron chi connectivity index (χ4n) is 3.12. The molecular weight excluding hydrogens is 322 g/mol. The van der Waals surface area contributed by atoms with Gasteiger partial charge >= 0.3 is 0 Å². The van der Waals surface area contributed by atoms with Gasteiger partial charge in [0, 0.05) is 24.4 Å². The normalized spacial score (nSPS) is 16.6. The molecule has 0 saturated carbocycles. The maximum absolute atomic E-state index is 5.28. The van der Waals surface area contributed by atoms with E-state index in [-0.39, 0.29) is 0 Å². The molecule has 0 bridgehead atoms. The Bertz CT molecular complexity index is 457. The van der Waals surface area contributed by atoms with Crippen LogP contribution in [-0.2, 0) is 0 Å². The van der Waals surface area contributed by atoms with Gasteiger partial charge in [0.25, 0.3) is 0 Å². The second kappa shape index (κ2) is 14.3. The van der Waals surface area contributed by atoms with Gasteiger partial charge in [-0.05, 0) is 61.6 Å². The summed E-state index contributed by atoms with van der Waals surface area (Å²) in [7, 11) is 0. The first-order valence-corrected chi connectivity index (χ1v) is 10.9. The van der Waals surface area contributed by atoms with E-state index in [0.717, 1.165) is 18.3 Å². The van der Waals surface area contributed by atoms with Crippen LogP contribution in [0.25, 0.3) is 0 Å². The Balaban J connectivity index is 0.000000260. The van der Waals surface area contributed by atoms with E-state index in [4.69, 9.17) is 6.42 Å². The zero-order chi connectivity index (χ0) is 18.3. The summed E-state index contributed by atoms with van der Waals surface area (Å²) in [6.45, 7) is 9.29. The van der Waals surface area contributed by atoms with Crippen LogP contribution in [0.4, 0.5) is 0 Å². The van der Waals surface area contributed by atoms with Crippen LogP contribution in [0, 0.1) is 24.2 Å². The van der Waals surface area contributed by atoms with Crippen molar-refractivity contribution in [1.82, 2.24) is 4.31 Å². The molecule has 0 N–H and O–H groups in total. The van der Waals surface area contributed by atoms with Gasteiger partial charge in [0.1, 0.15) is 0 Å². The topological polar surface area (TPSA) is 3.24 Å². The van der Waals surface area contributed by atoms with Gasteiger partial charge in [-0.1, -0.05) is 58.2 Å². The van der Waals surface area contributed by atoms with Crippen LogP contribution in [0.15, 0.2) is 35.2 Å². The summed E-state index contributed by atoms with van der Waals surface area (Å²) < 4.78 is 2.48. The first-order valence-electron chi connectivity index (χ1n) is 10.1. The first kappa shape index (κ1) is 22.1. The quantitative estimate of drug-likeness (QED) is 0.361. The van der Waals surface area contributed by atoms with Crippen LogP contribution < -0.4 is 0 Å². The van der Waals surface area contributed by atoms with Crippen LogP contribution in [0.3, 0.4) is 0 Å². The molecule has 1 nitrogen and oxygen atoms in total. The van der Waals surface area contributed by atoms with E-state index < -0.39 is 0 Å². The Hall–Kier alpha value is -0.910. The number of benzene rings is 1. The van der Waals surface area contributed by atoms with E-state index in [9.17, 15) is 0 Å². The van der Waals surface area contributed by atoms with E-state index in [2.05, 4.69) is 61.3 Å². The Morgan fingerprint density at radius 1 is 1.12 bits per heavy atom. The van der Waals surface area contributed by atoms with Gasteiger partial charge < -0.3 is 0 Å². The van der Waals surface area contributed by atoms with Crippen LogP contribution >= 0.6 is 11.9 Å². The molecule has 0 aromatic heterocycles. The highest BCUT2D eigenvalue weighted by atomic mass is 32.2. The minimum Gasteiger partial charge on any atom is -0.246 e. The second-order valence-corrected chi connectivity index (χ2v) is 8.39. The summed E-state index contributed by atoms with van der Waals surface area (Å²) in [5.74, 6) is 4.48. The molecule has 1 aliphatic rings. The summed E-state index contributed by atoms with van der Waals surface area (Å²) in [4.78, 5) is 1.36. The number of nitrogens with zero attached hydrogens (tertiary/aromatic N) is 1. The third-order valence-electron chi connectivity index (χ3n) is 4.79. The summed E-state index contributed by atoms with van der Waals surface area (Å²) in [5, 5.41) is 0. The third-order valence-corrected chi connectivity index (χ3v) is 5.90. The fraction of sp³-hybridized carbons (Fsp3) is 0.652. The van der Waals surface area contributed by atoms with Crippen LogP contribution in [0.5, 0.6) is 0 Å². The van der Waals surface area contributed by atoms with Crippen molar-refractivity contribution in [3.63, 3.8) is 0 Å². The van der Waals surface area contributed by atoms with Crippen molar-refractivity contribution >= 4 is 11.9 Å². The van der Waals surface area contributed by atoms with Crippen LogP contribution in [0.2, 0.25) is 0 Å². The molecule has 1 aliphatic heterocycles. The monoisotopic (exact) mass is 359 g/mol. The van der Waals surface area contributed by atoms with Gasteiger partial charge in [0.2, 0.25) is 0 Å². The molecule has 0 radical (unpaired) electrons. The Morgan fingerprint density at radius 2 is 1.80 bits per heavy atom. The number of unbranched alkanes of at least 4 members (excludes halogenated alkanes) is 1. The average molecular weight is 360 g/mol. The molecule has 1 fully saturated rings. The Kier molecular flexibility index (Phi) is 12.6. The van der Waals surface area contributed by atoms with E-state index in [1.165, 1.54) is 62.9 Å². The number of hydrogen-bond acceptors (Lipinski definition) is 2. The van der Waals surface area contributed by atoms with Gasteiger partial charge in [-0.15, -0.1) is 12.3 Å². The van der Waals surface area contributed by atoms with Gasteiger partial charge in [-0.2, -0.15) is 0 Å². The summed E-state index contributed by atoms with van der Waals surface area (Å²) in [6, 6.07) is 10.7. The largest absolute Gasteiger partial charge is 0.246 e. The molecule has 0 amide bonds. The molecule has 1 aromatic rings. The lowest BCUT2D eigenvalue weighted by Crippen LogP contribution is -2.27. The van der Waals surface area contributed by atoms with Gasteiger partial charge in [-0.25, -0.2) is 4.31 Å². The minimum absolute atomic E-state index is 0.796. The fourth-order valence-corrected chi connectivity index (χ4v) is 4.09.